The fourth-order valence-corrected chi connectivity index (χ4v) is 5.52. The van der Waals surface area contributed by atoms with Crippen LogP contribution < -0.4 is 11.1 Å². The lowest BCUT2D eigenvalue weighted by Crippen LogP contribution is -2.18. The molecule has 0 unspecified atom stereocenters. The van der Waals surface area contributed by atoms with Crippen molar-refractivity contribution in [1.82, 2.24) is 19.6 Å². The lowest BCUT2D eigenvalue weighted by Gasteiger charge is -2.10. The first kappa shape index (κ1) is 23.1. The van der Waals surface area contributed by atoms with Gasteiger partial charge in [0.1, 0.15) is 5.00 Å². The zero-order valence-corrected chi connectivity index (χ0v) is 19.0. The van der Waals surface area contributed by atoms with Crippen LogP contribution in [0.3, 0.4) is 0 Å². The van der Waals surface area contributed by atoms with Crippen molar-refractivity contribution < 1.29 is 22.8 Å². The largest absolute Gasteiger partial charge is 0.453 e. The molecule has 4 rings (SSSR count). The zero-order valence-electron chi connectivity index (χ0n) is 18.2. The van der Waals surface area contributed by atoms with Crippen LogP contribution in [0.2, 0.25) is 0 Å². The molecule has 0 aromatic carbocycles. The van der Waals surface area contributed by atoms with Crippen LogP contribution in [0.1, 0.15) is 69.3 Å². The maximum Gasteiger partial charge on any atom is 0.453 e. The van der Waals surface area contributed by atoms with Crippen LogP contribution in [0.15, 0.2) is 0 Å². The van der Waals surface area contributed by atoms with E-state index in [4.69, 9.17) is 5.73 Å². The normalized spacial score (nSPS) is 14.2. The minimum Gasteiger partial charge on any atom is -0.365 e. The number of aromatic nitrogens is 4. The second-order valence-electron chi connectivity index (χ2n) is 8.09. The van der Waals surface area contributed by atoms with Gasteiger partial charge in [-0.15, -0.1) is 16.4 Å². The number of carbonyl (C=O) groups is 2. The number of rotatable bonds is 5. The van der Waals surface area contributed by atoms with Gasteiger partial charge in [0, 0.05) is 22.7 Å². The summed E-state index contributed by atoms with van der Waals surface area (Å²) in [5, 5.41) is 6.80. The van der Waals surface area contributed by atoms with Crippen molar-refractivity contribution in [3.05, 3.63) is 38.8 Å². The van der Waals surface area contributed by atoms with E-state index in [1.165, 1.54) is 11.3 Å². The van der Waals surface area contributed by atoms with E-state index < -0.39 is 17.9 Å². The molecule has 0 saturated heterocycles. The number of halogens is 3. The molecular formula is C21H23F3N6O2S. The molecule has 0 saturated carbocycles. The fourth-order valence-electron chi connectivity index (χ4n) is 4.21. The molecule has 1 aliphatic rings. The van der Waals surface area contributed by atoms with E-state index in [0.29, 0.717) is 27.5 Å². The summed E-state index contributed by atoms with van der Waals surface area (Å²) >= 11 is 1.39. The van der Waals surface area contributed by atoms with Gasteiger partial charge < -0.3 is 11.1 Å². The van der Waals surface area contributed by atoms with Gasteiger partial charge in [-0.2, -0.15) is 18.2 Å². The number of thiophene rings is 1. The second kappa shape index (κ2) is 8.73. The van der Waals surface area contributed by atoms with Crippen molar-refractivity contribution >= 4 is 33.9 Å². The van der Waals surface area contributed by atoms with Gasteiger partial charge in [-0.3, -0.25) is 9.59 Å². The Morgan fingerprint density at radius 2 is 1.88 bits per heavy atom. The Hall–Kier alpha value is -3.02. The molecule has 0 fully saturated rings. The number of nitrogens with zero attached hydrogens (tertiary/aromatic N) is 4. The average molecular weight is 481 g/mol. The van der Waals surface area contributed by atoms with Gasteiger partial charge in [0.05, 0.1) is 5.56 Å². The number of alkyl halides is 3. The maximum absolute atomic E-state index is 13.0. The van der Waals surface area contributed by atoms with Crippen molar-refractivity contribution in [2.75, 3.05) is 5.32 Å². The van der Waals surface area contributed by atoms with Crippen LogP contribution in [-0.2, 0) is 30.2 Å². The summed E-state index contributed by atoms with van der Waals surface area (Å²) in [6.45, 7) is 3.27. The number of hydrogen-bond donors (Lipinski definition) is 2. The number of carbonyl (C=O) groups excluding carboxylic acids is 2. The Bertz CT molecular complexity index is 1250. The van der Waals surface area contributed by atoms with Crippen molar-refractivity contribution in [3.63, 3.8) is 0 Å². The minimum absolute atomic E-state index is 0.0520. The molecule has 2 amide bonds. The van der Waals surface area contributed by atoms with E-state index >= 15 is 0 Å². The highest BCUT2D eigenvalue weighted by Gasteiger charge is 2.37. The van der Waals surface area contributed by atoms with Crippen LogP contribution in [0, 0.1) is 13.8 Å². The number of nitrogens with one attached hydrogen (secondary N) is 1. The minimum atomic E-state index is -4.68. The Kier molecular flexibility index (Phi) is 6.12. The van der Waals surface area contributed by atoms with Gasteiger partial charge in [0.15, 0.2) is 0 Å². The second-order valence-corrected chi connectivity index (χ2v) is 9.19. The Labute approximate surface area is 191 Å². The molecule has 33 heavy (non-hydrogen) atoms. The molecule has 3 aromatic rings. The number of aryl methyl sites for hydroxylation is 3. The van der Waals surface area contributed by atoms with Crippen molar-refractivity contribution in [3.8, 4) is 0 Å². The molecular weight excluding hydrogens is 457 g/mol. The topological polar surface area (TPSA) is 115 Å². The molecule has 0 radical (unpaired) electrons. The third-order valence-electron chi connectivity index (χ3n) is 5.83. The number of hydrogen-bond acceptors (Lipinski definition) is 6. The summed E-state index contributed by atoms with van der Waals surface area (Å²) in [6, 6.07) is 0. The zero-order chi connectivity index (χ0) is 23.9. The molecule has 8 nitrogen and oxygen atoms in total. The van der Waals surface area contributed by atoms with E-state index in [0.717, 1.165) is 47.1 Å². The number of fused-ring (bicyclic) bond motifs is 2. The van der Waals surface area contributed by atoms with Gasteiger partial charge in [-0.1, -0.05) is 6.42 Å². The summed E-state index contributed by atoms with van der Waals surface area (Å²) in [7, 11) is 0. The van der Waals surface area contributed by atoms with Crippen LogP contribution in [0.4, 0.5) is 18.2 Å². The third-order valence-corrected chi connectivity index (χ3v) is 7.03. The monoisotopic (exact) mass is 480 g/mol. The summed E-state index contributed by atoms with van der Waals surface area (Å²) in [5.74, 6) is -2.28. The molecule has 1 aliphatic carbocycles. The number of anilines is 1. The van der Waals surface area contributed by atoms with Gasteiger partial charge in [-0.05, 0) is 57.1 Å². The van der Waals surface area contributed by atoms with Crippen molar-refractivity contribution in [2.24, 2.45) is 5.73 Å². The first-order chi connectivity index (χ1) is 15.6. The first-order valence-corrected chi connectivity index (χ1v) is 11.4. The van der Waals surface area contributed by atoms with E-state index in [2.05, 4.69) is 20.4 Å². The van der Waals surface area contributed by atoms with Gasteiger partial charge in [0.25, 0.3) is 17.5 Å². The standard InChI is InChI=1S/C21H23F3N6O2S/c1-10-12(11(2)30-20(26-10)28-19(29-30)21(22,23)24)8-9-15(31)27-18-16(17(25)32)13-6-4-3-5-7-14(13)33-18/h3-9H2,1-2H3,(H2,25,32)(H,27,31). The number of amides is 2. The average Bonchev–Trinajstić information content (AvgIpc) is 3.22. The lowest BCUT2D eigenvalue weighted by atomic mass is 10.0. The van der Waals surface area contributed by atoms with Gasteiger partial charge in [-0.25, -0.2) is 9.50 Å². The van der Waals surface area contributed by atoms with Crippen molar-refractivity contribution in [1.29, 1.82) is 0 Å². The van der Waals surface area contributed by atoms with Crippen LogP contribution in [0.5, 0.6) is 0 Å². The summed E-state index contributed by atoms with van der Waals surface area (Å²) in [5.41, 5.74) is 8.48. The predicted molar refractivity (Wildman–Crippen MR) is 116 cm³/mol. The van der Waals surface area contributed by atoms with E-state index in [-0.39, 0.29) is 24.5 Å². The first-order valence-electron chi connectivity index (χ1n) is 10.6. The highest BCUT2D eigenvalue weighted by Crippen LogP contribution is 2.37. The Morgan fingerprint density at radius 3 is 2.58 bits per heavy atom. The highest BCUT2D eigenvalue weighted by molar-refractivity contribution is 7.17. The van der Waals surface area contributed by atoms with Gasteiger partial charge in [0.2, 0.25) is 5.91 Å². The Morgan fingerprint density at radius 1 is 1.15 bits per heavy atom. The SMILES string of the molecule is Cc1nc2nc(C(F)(F)F)nn2c(C)c1CCC(=O)Nc1sc2c(c1C(N)=O)CCCCC2. The number of primary amides is 1. The van der Waals surface area contributed by atoms with Crippen molar-refractivity contribution in [2.45, 2.75) is 65.0 Å². The molecule has 0 spiro atoms. The lowest BCUT2D eigenvalue weighted by molar-refractivity contribution is -0.144. The number of nitrogens with two attached hydrogens (primary N) is 1. The quantitative estimate of drug-likeness (QED) is 0.540. The molecule has 12 heteroatoms. The predicted octanol–water partition coefficient (Wildman–Crippen LogP) is 3.76. The highest BCUT2D eigenvalue weighted by atomic mass is 32.1. The van der Waals surface area contributed by atoms with E-state index in [1.807, 2.05) is 0 Å². The molecule has 176 valence electrons. The van der Waals surface area contributed by atoms with Crippen LogP contribution in [0.25, 0.3) is 5.78 Å². The third kappa shape index (κ3) is 4.56. The van der Waals surface area contributed by atoms with E-state index in [1.54, 1.807) is 13.8 Å². The van der Waals surface area contributed by atoms with Gasteiger partial charge >= 0.3 is 6.18 Å². The fraction of sp³-hybridized carbons (Fsp3) is 0.476. The molecule has 0 aliphatic heterocycles. The molecule has 3 heterocycles. The molecule has 0 bridgehead atoms. The summed E-state index contributed by atoms with van der Waals surface area (Å²) in [4.78, 5) is 33.5. The Balaban J connectivity index is 1.53. The molecule has 3 N–H and O–H groups in total. The maximum atomic E-state index is 13.0. The van der Waals surface area contributed by atoms with E-state index in [9.17, 15) is 22.8 Å². The molecule has 0 atom stereocenters. The van der Waals surface area contributed by atoms with Crippen LogP contribution in [-0.4, -0.2) is 31.4 Å². The molecule has 3 aromatic heterocycles. The summed E-state index contributed by atoms with van der Waals surface area (Å²) < 4.78 is 39.9. The summed E-state index contributed by atoms with van der Waals surface area (Å²) in [6.07, 6.45) is 0.343. The van der Waals surface area contributed by atoms with Crippen LogP contribution >= 0.6 is 11.3 Å². The smallest absolute Gasteiger partial charge is 0.365 e.